The van der Waals surface area contributed by atoms with Gasteiger partial charge in [0.1, 0.15) is 0 Å². The third kappa shape index (κ3) is 2.61. The van der Waals surface area contributed by atoms with Gasteiger partial charge in [-0.05, 0) is 53.2 Å². The van der Waals surface area contributed by atoms with E-state index in [4.69, 9.17) is 5.11 Å². The van der Waals surface area contributed by atoms with Gasteiger partial charge in [0.2, 0.25) is 0 Å². The van der Waals surface area contributed by atoms with Gasteiger partial charge in [0.15, 0.2) is 0 Å². The summed E-state index contributed by atoms with van der Waals surface area (Å²) in [6.07, 6.45) is 5.40. The normalized spacial score (nSPS) is 24.6. The predicted molar refractivity (Wildman–Crippen MR) is 64.1 cm³/mol. The van der Waals surface area contributed by atoms with Gasteiger partial charge in [-0.25, -0.2) is 0 Å². The van der Waals surface area contributed by atoms with Crippen molar-refractivity contribution in [1.82, 2.24) is 4.98 Å². The summed E-state index contributed by atoms with van der Waals surface area (Å²) in [6, 6.07) is 3.91. The van der Waals surface area contributed by atoms with Crippen molar-refractivity contribution < 1.29 is 9.90 Å². The minimum atomic E-state index is -0.653. The molecule has 2 atom stereocenters. The number of aromatic nitrogens is 1. The number of hydrogen-bond acceptors (Lipinski definition) is 2. The van der Waals surface area contributed by atoms with E-state index in [1.165, 1.54) is 0 Å². The molecule has 0 bridgehead atoms. The molecule has 86 valence electrons. The summed E-state index contributed by atoms with van der Waals surface area (Å²) in [5.41, 5.74) is 0.987. The second kappa shape index (κ2) is 4.95. The van der Waals surface area contributed by atoms with Gasteiger partial charge >= 0.3 is 5.97 Å². The van der Waals surface area contributed by atoms with E-state index >= 15 is 0 Å². The second-order valence-corrected chi connectivity index (χ2v) is 5.22. The summed E-state index contributed by atoms with van der Waals surface area (Å²) in [5.74, 6) is -0.573. The Hall–Kier alpha value is -0.900. The lowest BCUT2D eigenvalue weighted by atomic mass is 9.91. The molecule has 0 saturated heterocycles. The van der Waals surface area contributed by atoms with Crippen LogP contribution in [0.25, 0.3) is 0 Å². The molecule has 1 fully saturated rings. The van der Waals surface area contributed by atoms with Crippen LogP contribution in [0.5, 0.6) is 0 Å². The number of carboxylic acids is 1. The van der Waals surface area contributed by atoms with Crippen molar-refractivity contribution in [3.8, 4) is 0 Å². The lowest BCUT2D eigenvalue weighted by molar-refractivity contribution is -0.142. The number of nitrogens with zero attached hydrogens (tertiary/aromatic N) is 1. The van der Waals surface area contributed by atoms with E-state index in [0.717, 1.165) is 35.8 Å². The van der Waals surface area contributed by atoms with Crippen molar-refractivity contribution in [3.63, 3.8) is 0 Å². The maximum atomic E-state index is 11.0. The lowest BCUT2D eigenvalue weighted by Gasteiger charge is -2.14. The quantitative estimate of drug-likeness (QED) is 0.928. The number of pyridine rings is 1. The highest BCUT2D eigenvalue weighted by Crippen LogP contribution is 2.34. The molecule has 3 nitrogen and oxygen atoms in total. The van der Waals surface area contributed by atoms with E-state index in [2.05, 4.69) is 20.9 Å². The van der Waals surface area contributed by atoms with Crippen molar-refractivity contribution in [3.05, 3.63) is 28.5 Å². The van der Waals surface area contributed by atoms with Crippen molar-refractivity contribution in [1.29, 1.82) is 0 Å². The van der Waals surface area contributed by atoms with Crippen LogP contribution in [0.4, 0.5) is 0 Å². The average molecular weight is 284 g/mol. The zero-order valence-corrected chi connectivity index (χ0v) is 10.5. The van der Waals surface area contributed by atoms with E-state index in [-0.39, 0.29) is 11.8 Å². The van der Waals surface area contributed by atoms with Crippen LogP contribution in [-0.4, -0.2) is 16.1 Å². The first-order chi connectivity index (χ1) is 7.66. The van der Waals surface area contributed by atoms with Gasteiger partial charge in [-0.1, -0.05) is 6.42 Å². The average Bonchev–Trinajstić information content (AvgIpc) is 2.69. The number of hydrogen-bond donors (Lipinski definition) is 1. The van der Waals surface area contributed by atoms with Crippen molar-refractivity contribution in [2.24, 2.45) is 11.8 Å². The molecule has 4 heteroatoms. The summed E-state index contributed by atoms with van der Waals surface area (Å²) in [5, 5.41) is 9.08. The zero-order valence-electron chi connectivity index (χ0n) is 8.90. The minimum absolute atomic E-state index is 0.176. The van der Waals surface area contributed by atoms with Gasteiger partial charge in [-0.3, -0.25) is 9.78 Å². The predicted octanol–water partition coefficient (Wildman–Crippen LogP) is 2.89. The first-order valence-electron chi connectivity index (χ1n) is 5.50. The minimum Gasteiger partial charge on any atom is -0.481 e. The Kier molecular flexibility index (Phi) is 3.59. The van der Waals surface area contributed by atoms with Crippen molar-refractivity contribution in [2.75, 3.05) is 0 Å². The van der Waals surface area contributed by atoms with Gasteiger partial charge < -0.3 is 5.11 Å². The third-order valence-corrected chi connectivity index (χ3v) is 3.71. The number of carbonyl (C=O) groups is 1. The standard InChI is InChI=1S/C12H14BrNO2/c13-9-4-5-10(14-7-9)6-8-2-1-3-11(8)12(15)16/h4-5,7-8,11H,1-3,6H2,(H,15,16). The van der Waals surface area contributed by atoms with Crippen molar-refractivity contribution >= 4 is 21.9 Å². The fourth-order valence-corrected chi connectivity index (χ4v) is 2.64. The molecule has 16 heavy (non-hydrogen) atoms. The number of aliphatic carboxylic acids is 1. The Morgan fingerprint density at radius 2 is 2.31 bits per heavy atom. The van der Waals surface area contributed by atoms with Crippen LogP contribution in [0.3, 0.4) is 0 Å². The Morgan fingerprint density at radius 3 is 2.94 bits per heavy atom. The molecule has 0 amide bonds. The molecular weight excluding hydrogens is 270 g/mol. The smallest absolute Gasteiger partial charge is 0.306 e. The maximum Gasteiger partial charge on any atom is 0.306 e. The Morgan fingerprint density at radius 1 is 1.50 bits per heavy atom. The highest BCUT2D eigenvalue weighted by molar-refractivity contribution is 9.10. The molecule has 0 radical (unpaired) electrons. The first-order valence-corrected chi connectivity index (χ1v) is 6.29. The van der Waals surface area contributed by atoms with E-state index in [0.29, 0.717) is 0 Å². The van der Waals surface area contributed by atoms with E-state index in [9.17, 15) is 4.79 Å². The highest BCUT2D eigenvalue weighted by atomic mass is 79.9. The molecule has 0 spiro atoms. The Labute approximate surface area is 103 Å². The van der Waals surface area contributed by atoms with E-state index in [1.54, 1.807) is 6.20 Å². The fraction of sp³-hybridized carbons (Fsp3) is 0.500. The van der Waals surface area contributed by atoms with Gasteiger partial charge in [0.25, 0.3) is 0 Å². The zero-order chi connectivity index (χ0) is 11.5. The monoisotopic (exact) mass is 283 g/mol. The van der Waals surface area contributed by atoms with Crippen LogP contribution in [-0.2, 0) is 11.2 Å². The Balaban J connectivity index is 2.03. The van der Waals surface area contributed by atoms with Crippen molar-refractivity contribution in [2.45, 2.75) is 25.7 Å². The summed E-state index contributed by atoms with van der Waals surface area (Å²) in [6.45, 7) is 0. The van der Waals surface area contributed by atoms with E-state index in [1.807, 2.05) is 12.1 Å². The van der Waals surface area contributed by atoms with Gasteiger partial charge in [-0.2, -0.15) is 0 Å². The van der Waals surface area contributed by atoms with E-state index < -0.39 is 5.97 Å². The van der Waals surface area contributed by atoms with Crippen LogP contribution < -0.4 is 0 Å². The first kappa shape index (κ1) is 11.6. The van der Waals surface area contributed by atoms with Crippen LogP contribution in [0.2, 0.25) is 0 Å². The van der Waals surface area contributed by atoms with Gasteiger partial charge in [-0.15, -0.1) is 0 Å². The second-order valence-electron chi connectivity index (χ2n) is 4.31. The molecule has 1 saturated carbocycles. The fourth-order valence-electron chi connectivity index (χ4n) is 2.40. The van der Waals surface area contributed by atoms with Crippen LogP contribution in [0, 0.1) is 11.8 Å². The van der Waals surface area contributed by atoms with Gasteiger partial charge in [0.05, 0.1) is 5.92 Å². The summed E-state index contributed by atoms with van der Waals surface area (Å²) < 4.78 is 0.956. The van der Waals surface area contributed by atoms with Crippen LogP contribution >= 0.6 is 15.9 Å². The molecule has 1 aliphatic rings. The molecule has 1 heterocycles. The van der Waals surface area contributed by atoms with Crippen LogP contribution in [0.15, 0.2) is 22.8 Å². The molecule has 1 aromatic heterocycles. The van der Waals surface area contributed by atoms with Gasteiger partial charge in [0, 0.05) is 16.4 Å². The third-order valence-electron chi connectivity index (χ3n) is 3.24. The molecule has 1 aliphatic carbocycles. The van der Waals surface area contributed by atoms with Crippen LogP contribution in [0.1, 0.15) is 25.0 Å². The Bertz CT molecular complexity index is 377. The summed E-state index contributed by atoms with van der Waals surface area (Å²) >= 11 is 3.34. The topological polar surface area (TPSA) is 50.2 Å². The molecule has 1 N–H and O–H groups in total. The summed E-state index contributed by atoms with van der Waals surface area (Å²) in [7, 11) is 0. The number of carboxylic acid groups (broad SMARTS) is 1. The number of halogens is 1. The molecular formula is C12H14BrNO2. The molecule has 2 unspecified atom stereocenters. The highest BCUT2D eigenvalue weighted by Gasteiger charge is 2.32. The summed E-state index contributed by atoms with van der Waals surface area (Å²) in [4.78, 5) is 15.3. The lowest BCUT2D eigenvalue weighted by Crippen LogP contribution is -2.20. The number of rotatable bonds is 3. The molecule has 1 aromatic rings. The molecule has 0 aliphatic heterocycles. The molecule has 0 aromatic carbocycles. The SMILES string of the molecule is O=C(O)C1CCCC1Cc1ccc(Br)cn1. The largest absolute Gasteiger partial charge is 0.481 e. The molecule has 2 rings (SSSR count). The maximum absolute atomic E-state index is 11.0.